The molecule has 1 saturated carbocycles. The number of hydrogen-bond acceptors (Lipinski definition) is 2. The van der Waals surface area contributed by atoms with E-state index in [0.717, 1.165) is 30.5 Å². The lowest BCUT2D eigenvalue weighted by Crippen LogP contribution is -2.39. The Bertz CT molecular complexity index is 413. The van der Waals surface area contributed by atoms with Gasteiger partial charge in [-0.15, -0.1) is 0 Å². The summed E-state index contributed by atoms with van der Waals surface area (Å²) < 4.78 is 0. The Hall–Kier alpha value is -1.12. The minimum absolute atomic E-state index is 0.0517. The molecule has 3 heteroatoms. The number of fused-ring (bicyclic) bond motifs is 1. The summed E-state index contributed by atoms with van der Waals surface area (Å²) in [6, 6.07) is 0. The van der Waals surface area contributed by atoms with Gasteiger partial charge in [-0.05, 0) is 24.7 Å². The van der Waals surface area contributed by atoms with Crippen molar-refractivity contribution >= 4 is 5.78 Å². The summed E-state index contributed by atoms with van der Waals surface area (Å²) in [6.07, 6.45) is 4.76. The van der Waals surface area contributed by atoms with Crippen LogP contribution in [0.4, 0.5) is 0 Å². The monoisotopic (exact) mass is 190 g/mol. The van der Waals surface area contributed by atoms with Gasteiger partial charge in [0.1, 0.15) is 0 Å². The van der Waals surface area contributed by atoms with Crippen molar-refractivity contribution in [3.05, 3.63) is 17.5 Å². The number of rotatable bonds is 0. The van der Waals surface area contributed by atoms with Crippen LogP contribution in [-0.4, -0.2) is 16.0 Å². The molecule has 3 nitrogen and oxygen atoms in total. The van der Waals surface area contributed by atoms with E-state index in [9.17, 15) is 4.79 Å². The molecule has 1 aromatic heterocycles. The molecule has 0 saturated heterocycles. The molecule has 1 N–H and O–H groups in total. The molecule has 0 amide bonds. The molecule has 74 valence electrons. The molecule has 2 aliphatic rings. The Morgan fingerprint density at radius 2 is 2.14 bits per heavy atom. The second-order valence-corrected chi connectivity index (χ2v) is 5.23. The summed E-state index contributed by atoms with van der Waals surface area (Å²) in [5.41, 5.74) is 1.91. The fourth-order valence-corrected chi connectivity index (χ4v) is 2.85. The minimum Gasteiger partial charge on any atom is -0.293 e. The number of aromatic nitrogens is 2. The van der Waals surface area contributed by atoms with Gasteiger partial charge in [-0.2, -0.15) is 5.10 Å². The van der Waals surface area contributed by atoms with E-state index < -0.39 is 0 Å². The van der Waals surface area contributed by atoms with Crippen LogP contribution >= 0.6 is 0 Å². The third kappa shape index (κ3) is 0.740. The van der Waals surface area contributed by atoms with E-state index in [0.29, 0.717) is 5.78 Å². The van der Waals surface area contributed by atoms with Gasteiger partial charge in [-0.1, -0.05) is 13.8 Å². The van der Waals surface area contributed by atoms with Gasteiger partial charge >= 0.3 is 0 Å². The zero-order chi connectivity index (χ0) is 9.97. The number of H-pyrrole nitrogens is 1. The highest BCUT2D eigenvalue weighted by Gasteiger charge is 2.62. The second-order valence-electron chi connectivity index (χ2n) is 5.23. The molecule has 1 spiro atoms. The highest BCUT2D eigenvalue weighted by molar-refractivity contribution is 6.04. The third-order valence-electron chi connectivity index (χ3n) is 4.06. The highest BCUT2D eigenvalue weighted by atomic mass is 16.1. The van der Waals surface area contributed by atoms with Gasteiger partial charge in [0.05, 0.1) is 11.8 Å². The van der Waals surface area contributed by atoms with E-state index in [4.69, 9.17) is 0 Å². The fraction of sp³-hybridized carbons (Fsp3) is 0.636. The first kappa shape index (κ1) is 8.21. The summed E-state index contributed by atoms with van der Waals surface area (Å²) in [5, 5.41) is 6.91. The molecule has 0 radical (unpaired) electrons. The molecule has 14 heavy (non-hydrogen) atoms. The Morgan fingerprint density at radius 3 is 2.79 bits per heavy atom. The van der Waals surface area contributed by atoms with E-state index in [-0.39, 0.29) is 10.8 Å². The van der Waals surface area contributed by atoms with Crippen molar-refractivity contribution in [2.45, 2.75) is 33.1 Å². The maximum atomic E-state index is 12.2. The van der Waals surface area contributed by atoms with E-state index in [1.54, 1.807) is 6.20 Å². The average Bonchev–Trinajstić information content (AvgIpc) is 2.80. The molecule has 3 rings (SSSR count). The van der Waals surface area contributed by atoms with Crippen molar-refractivity contribution in [2.75, 3.05) is 0 Å². The van der Waals surface area contributed by atoms with Gasteiger partial charge in [-0.3, -0.25) is 9.89 Å². The summed E-state index contributed by atoms with van der Waals surface area (Å²) in [6.45, 7) is 4.39. The first-order chi connectivity index (χ1) is 6.57. The van der Waals surface area contributed by atoms with Gasteiger partial charge in [0.15, 0.2) is 5.78 Å². The van der Waals surface area contributed by atoms with Gasteiger partial charge in [-0.25, -0.2) is 0 Å². The maximum absolute atomic E-state index is 12.2. The molecule has 0 aromatic carbocycles. The molecular formula is C11H14N2O. The Morgan fingerprint density at radius 1 is 1.43 bits per heavy atom. The lowest BCUT2D eigenvalue weighted by atomic mass is 9.65. The number of nitrogens with zero attached hydrogens (tertiary/aromatic N) is 1. The van der Waals surface area contributed by atoms with Crippen molar-refractivity contribution in [1.82, 2.24) is 10.2 Å². The van der Waals surface area contributed by atoms with Crippen LogP contribution in [0.15, 0.2) is 6.20 Å². The summed E-state index contributed by atoms with van der Waals surface area (Å²) in [4.78, 5) is 12.2. The van der Waals surface area contributed by atoms with E-state index >= 15 is 0 Å². The number of carbonyl (C=O) groups excluding carboxylic acids is 1. The number of aromatic amines is 1. The number of carbonyl (C=O) groups is 1. The first-order valence-electron chi connectivity index (χ1n) is 5.14. The standard InChI is InChI=1S/C11H14N2O/c1-10(2)5-8-7(6-12-13-8)9(14)11(10)3-4-11/h6H,3-5H2,1-2H3,(H,12,13). The number of Topliss-reactive ketones (excluding diaryl/α,β-unsaturated/α-hetero) is 1. The summed E-state index contributed by atoms with van der Waals surface area (Å²) in [5.74, 6) is 0.317. The third-order valence-corrected chi connectivity index (χ3v) is 4.06. The number of ketones is 1. The fourth-order valence-electron chi connectivity index (χ4n) is 2.85. The van der Waals surface area contributed by atoms with Crippen LogP contribution < -0.4 is 0 Å². The molecule has 1 aromatic rings. The Labute approximate surface area is 82.9 Å². The van der Waals surface area contributed by atoms with Gasteiger partial charge in [0.25, 0.3) is 0 Å². The first-order valence-corrected chi connectivity index (χ1v) is 5.14. The van der Waals surface area contributed by atoms with Crippen LogP contribution in [0.25, 0.3) is 0 Å². The molecule has 1 fully saturated rings. The number of nitrogens with one attached hydrogen (secondary N) is 1. The molecule has 0 unspecified atom stereocenters. The number of hydrogen-bond donors (Lipinski definition) is 1. The van der Waals surface area contributed by atoms with Crippen LogP contribution in [0.2, 0.25) is 0 Å². The molecule has 1 heterocycles. The van der Waals surface area contributed by atoms with Crippen molar-refractivity contribution in [2.24, 2.45) is 10.8 Å². The Kier molecular flexibility index (Phi) is 1.23. The molecule has 0 aliphatic heterocycles. The van der Waals surface area contributed by atoms with Crippen LogP contribution in [-0.2, 0) is 6.42 Å². The lowest BCUT2D eigenvalue weighted by molar-refractivity contribution is 0.0709. The zero-order valence-electron chi connectivity index (χ0n) is 8.55. The van der Waals surface area contributed by atoms with E-state index in [1.165, 1.54) is 0 Å². The van der Waals surface area contributed by atoms with Crippen LogP contribution in [0.3, 0.4) is 0 Å². The topological polar surface area (TPSA) is 45.8 Å². The maximum Gasteiger partial charge on any atom is 0.172 e. The molecular weight excluding hydrogens is 176 g/mol. The molecule has 2 aliphatic carbocycles. The normalized spacial score (nSPS) is 26.3. The zero-order valence-corrected chi connectivity index (χ0v) is 8.55. The lowest BCUT2D eigenvalue weighted by Gasteiger charge is -2.37. The smallest absolute Gasteiger partial charge is 0.172 e. The Balaban J connectivity index is 2.19. The van der Waals surface area contributed by atoms with E-state index in [1.807, 2.05) is 0 Å². The predicted octanol–water partition coefficient (Wildman–Crippen LogP) is 1.95. The van der Waals surface area contributed by atoms with Gasteiger partial charge < -0.3 is 0 Å². The van der Waals surface area contributed by atoms with Crippen molar-refractivity contribution in [1.29, 1.82) is 0 Å². The predicted molar refractivity (Wildman–Crippen MR) is 52.1 cm³/mol. The SMILES string of the molecule is CC1(C)Cc2[nH]ncc2C(=O)C12CC2. The second kappa shape index (κ2) is 2.10. The van der Waals surface area contributed by atoms with E-state index in [2.05, 4.69) is 24.0 Å². The van der Waals surface area contributed by atoms with Gasteiger partial charge in [0, 0.05) is 11.1 Å². The van der Waals surface area contributed by atoms with Crippen molar-refractivity contribution in [3.63, 3.8) is 0 Å². The summed E-state index contributed by atoms with van der Waals surface area (Å²) in [7, 11) is 0. The van der Waals surface area contributed by atoms with Crippen molar-refractivity contribution in [3.8, 4) is 0 Å². The van der Waals surface area contributed by atoms with Crippen LogP contribution in [0, 0.1) is 10.8 Å². The molecule has 0 bridgehead atoms. The highest BCUT2D eigenvalue weighted by Crippen LogP contribution is 2.63. The summed E-state index contributed by atoms with van der Waals surface area (Å²) >= 11 is 0. The van der Waals surface area contributed by atoms with Crippen molar-refractivity contribution < 1.29 is 4.79 Å². The average molecular weight is 190 g/mol. The van der Waals surface area contributed by atoms with Gasteiger partial charge in [0.2, 0.25) is 0 Å². The van der Waals surface area contributed by atoms with Crippen LogP contribution in [0.5, 0.6) is 0 Å². The largest absolute Gasteiger partial charge is 0.293 e. The quantitative estimate of drug-likeness (QED) is 0.679. The van der Waals surface area contributed by atoms with Crippen LogP contribution in [0.1, 0.15) is 42.7 Å². The molecule has 0 atom stereocenters. The minimum atomic E-state index is -0.0517.